The van der Waals surface area contributed by atoms with Gasteiger partial charge < -0.3 is 9.84 Å². The predicted octanol–water partition coefficient (Wildman–Crippen LogP) is -1.10. The first kappa shape index (κ1) is 3.61. The van der Waals surface area contributed by atoms with Crippen LogP contribution in [-0.4, -0.2) is 23.8 Å². The molecule has 0 aromatic carbocycles. The van der Waals surface area contributed by atoms with Crippen molar-refractivity contribution in [2.75, 3.05) is 6.61 Å². The fourth-order valence-electron chi connectivity index (χ4n) is 0.226. The Labute approximate surface area is 34.5 Å². The maximum Gasteiger partial charge on any atom is 0.338 e. The summed E-state index contributed by atoms with van der Waals surface area (Å²) in [6.07, 6.45) is -0.829. The van der Waals surface area contributed by atoms with Crippen LogP contribution in [0.3, 0.4) is 0 Å². The van der Waals surface area contributed by atoms with Crippen molar-refractivity contribution in [3.63, 3.8) is 0 Å². The van der Waals surface area contributed by atoms with E-state index in [4.69, 9.17) is 5.11 Å². The molecule has 1 N–H and O–H groups in total. The number of esters is 1. The van der Waals surface area contributed by atoms with E-state index >= 15 is 0 Å². The molecule has 0 aromatic heterocycles. The van der Waals surface area contributed by atoms with Crippen molar-refractivity contribution in [2.45, 2.75) is 6.10 Å². The second kappa shape index (κ2) is 0.944. The Kier molecular flexibility index (Phi) is 0.569. The average molecular weight is 88.1 g/mol. The summed E-state index contributed by atoms with van der Waals surface area (Å²) in [6, 6.07) is 0. The number of cyclic esters (lactones) is 1. The lowest BCUT2D eigenvalue weighted by Gasteiger charge is -2.17. The lowest BCUT2D eigenvalue weighted by molar-refractivity contribution is -0.178. The number of ether oxygens (including phenoxy) is 1. The van der Waals surface area contributed by atoms with Crippen LogP contribution in [0.25, 0.3) is 0 Å². The molecule has 3 nitrogen and oxygen atoms in total. The van der Waals surface area contributed by atoms with Crippen molar-refractivity contribution >= 4 is 5.97 Å². The van der Waals surface area contributed by atoms with Gasteiger partial charge in [0.1, 0.15) is 6.61 Å². The molecule has 0 saturated carbocycles. The Morgan fingerprint density at radius 2 is 2.50 bits per heavy atom. The summed E-state index contributed by atoms with van der Waals surface area (Å²) in [5.74, 6) is -0.505. The van der Waals surface area contributed by atoms with Crippen LogP contribution in [-0.2, 0) is 9.53 Å². The molecule has 1 unspecified atom stereocenters. The molecule has 0 bridgehead atoms. The highest BCUT2D eigenvalue weighted by atomic mass is 16.6. The molecule has 1 rings (SSSR count). The zero-order chi connectivity index (χ0) is 4.57. The minimum absolute atomic E-state index is 0.179. The van der Waals surface area contributed by atoms with Crippen molar-refractivity contribution < 1.29 is 14.6 Å². The molecule has 6 heavy (non-hydrogen) atoms. The van der Waals surface area contributed by atoms with Gasteiger partial charge in [-0.15, -0.1) is 0 Å². The largest absolute Gasteiger partial charge is 0.460 e. The number of hydrogen-bond acceptors (Lipinski definition) is 3. The van der Waals surface area contributed by atoms with E-state index in [-0.39, 0.29) is 6.61 Å². The van der Waals surface area contributed by atoms with Gasteiger partial charge in [-0.25, -0.2) is 4.79 Å². The molecule has 1 atom stereocenters. The van der Waals surface area contributed by atoms with E-state index in [0.29, 0.717) is 0 Å². The molecule has 1 saturated heterocycles. The van der Waals surface area contributed by atoms with Gasteiger partial charge in [-0.1, -0.05) is 0 Å². The van der Waals surface area contributed by atoms with E-state index in [0.717, 1.165) is 0 Å². The third kappa shape index (κ3) is 0.285. The standard InChI is InChI=1S/C3H4O3/c4-2-1-6-3(2)5/h2,4H,1H2. The van der Waals surface area contributed by atoms with Crippen molar-refractivity contribution in [1.29, 1.82) is 0 Å². The van der Waals surface area contributed by atoms with Crippen molar-refractivity contribution in [1.82, 2.24) is 0 Å². The van der Waals surface area contributed by atoms with Gasteiger partial charge in [0.2, 0.25) is 0 Å². The molecule has 3 heteroatoms. The number of carbonyl (C=O) groups is 1. The van der Waals surface area contributed by atoms with Gasteiger partial charge in [0.15, 0.2) is 6.10 Å². The Morgan fingerprint density at radius 1 is 2.00 bits per heavy atom. The molecule has 1 heterocycles. The number of hydrogen-bond donors (Lipinski definition) is 1. The Hall–Kier alpha value is -0.570. The molecule has 1 aliphatic heterocycles. The number of rotatable bonds is 0. The average Bonchev–Trinajstić information content (AvgIpc) is 1.61. The zero-order valence-corrected chi connectivity index (χ0v) is 3.05. The van der Waals surface area contributed by atoms with Gasteiger partial charge in [0.25, 0.3) is 0 Å². The summed E-state index contributed by atoms with van der Waals surface area (Å²) >= 11 is 0. The predicted molar refractivity (Wildman–Crippen MR) is 17.0 cm³/mol. The summed E-state index contributed by atoms with van der Waals surface area (Å²) in [5, 5.41) is 8.24. The summed E-state index contributed by atoms with van der Waals surface area (Å²) in [6.45, 7) is 0.179. The summed E-state index contributed by atoms with van der Waals surface area (Å²) in [5.41, 5.74) is 0. The fraction of sp³-hybridized carbons (Fsp3) is 0.667. The molecule has 0 amide bonds. The number of aliphatic hydroxyl groups is 1. The minimum atomic E-state index is -0.829. The Morgan fingerprint density at radius 3 is 2.50 bits per heavy atom. The van der Waals surface area contributed by atoms with Crippen molar-refractivity contribution in [3.05, 3.63) is 0 Å². The van der Waals surface area contributed by atoms with Gasteiger partial charge in [-0.2, -0.15) is 0 Å². The molecule has 1 fully saturated rings. The second-order valence-corrected chi connectivity index (χ2v) is 1.15. The Balaban J connectivity index is 2.39. The first-order valence-electron chi connectivity index (χ1n) is 1.65. The summed E-state index contributed by atoms with van der Waals surface area (Å²) < 4.78 is 4.15. The third-order valence-corrected chi connectivity index (χ3v) is 0.656. The normalized spacial score (nSPS) is 31.5. The summed E-state index contributed by atoms with van der Waals surface area (Å²) in [4.78, 5) is 9.76. The quantitative estimate of drug-likeness (QED) is 0.382. The highest BCUT2D eigenvalue weighted by Gasteiger charge is 2.27. The van der Waals surface area contributed by atoms with Gasteiger partial charge >= 0.3 is 5.97 Å². The fourth-order valence-corrected chi connectivity index (χ4v) is 0.226. The monoisotopic (exact) mass is 88.0 g/mol. The van der Waals surface area contributed by atoms with E-state index in [2.05, 4.69) is 4.74 Å². The van der Waals surface area contributed by atoms with Crippen LogP contribution in [0.1, 0.15) is 0 Å². The van der Waals surface area contributed by atoms with Crippen LogP contribution in [0.2, 0.25) is 0 Å². The van der Waals surface area contributed by atoms with Crippen LogP contribution in [0.4, 0.5) is 0 Å². The number of carbonyl (C=O) groups excluding carboxylic acids is 1. The smallest absolute Gasteiger partial charge is 0.338 e. The van der Waals surface area contributed by atoms with E-state index in [1.807, 2.05) is 0 Å². The first-order chi connectivity index (χ1) is 2.80. The maximum atomic E-state index is 9.76. The van der Waals surface area contributed by atoms with Crippen LogP contribution in [0.5, 0.6) is 0 Å². The van der Waals surface area contributed by atoms with Crippen molar-refractivity contribution in [2.24, 2.45) is 0 Å². The number of aliphatic hydroxyl groups excluding tert-OH is 1. The van der Waals surface area contributed by atoms with Crippen molar-refractivity contribution in [3.8, 4) is 0 Å². The molecular formula is C3H4O3. The molecular weight excluding hydrogens is 84.0 g/mol. The lowest BCUT2D eigenvalue weighted by atomic mass is 10.3. The van der Waals surface area contributed by atoms with Crippen LogP contribution in [0.15, 0.2) is 0 Å². The highest BCUT2D eigenvalue weighted by Crippen LogP contribution is 1.99. The molecule has 0 spiro atoms. The van der Waals surface area contributed by atoms with Gasteiger partial charge in [0.05, 0.1) is 0 Å². The first-order valence-corrected chi connectivity index (χ1v) is 1.65. The molecule has 34 valence electrons. The topological polar surface area (TPSA) is 46.5 Å². The highest BCUT2D eigenvalue weighted by molar-refractivity contribution is 5.79. The van der Waals surface area contributed by atoms with E-state index < -0.39 is 12.1 Å². The molecule has 1 aliphatic rings. The molecule has 0 aliphatic carbocycles. The van der Waals surface area contributed by atoms with Gasteiger partial charge in [-0.05, 0) is 0 Å². The van der Waals surface area contributed by atoms with Crippen LogP contribution >= 0.6 is 0 Å². The molecule has 0 aromatic rings. The van der Waals surface area contributed by atoms with E-state index in [1.165, 1.54) is 0 Å². The van der Waals surface area contributed by atoms with Crippen LogP contribution < -0.4 is 0 Å². The zero-order valence-electron chi connectivity index (χ0n) is 3.05. The third-order valence-electron chi connectivity index (χ3n) is 0.656. The molecule has 0 radical (unpaired) electrons. The van der Waals surface area contributed by atoms with Crippen LogP contribution in [0, 0.1) is 0 Å². The van der Waals surface area contributed by atoms with Gasteiger partial charge in [0, 0.05) is 0 Å². The second-order valence-electron chi connectivity index (χ2n) is 1.15. The minimum Gasteiger partial charge on any atom is -0.460 e. The maximum absolute atomic E-state index is 9.76. The SMILES string of the molecule is O=C1OCC1O. The lowest BCUT2D eigenvalue weighted by Crippen LogP contribution is -2.39. The Bertz CT molecular complexity index is 78.1. The van der Waals surface area contributed by atoms with Gasteiger partial charge in [-0.3, -0.25) is 0 Å². The summed E-state index contributed by atoms with van der Waals surface area (Å²) in [7, 11) is 0. The van der Waals surface area contributed by atoms with E-state index in [1.54, 1.807) is 0 Å². The van der Waals surface area contributed by atoms with E-state index in [9.17, 15) is 4.79 Å².